The average Bonchev–Trinajstić information content (AvgIpc) is 3.29. The molecule has 21 heavy (non-hydrogen) atoms. The zero-order valence-electron chi connectivity index (χ0n) is 13.9. The van der Waals surface area contributed by atoms with Crippen LogP contribution in [0, 0.1) is 5.92 Å². The first-order chi connectivity index (χ1) is 10.3. The SMILES string of the molecule is CCCC(CCC)C(NCC)c1cccc(OC2CC2)c1. The smallest absolute Gasteiger partial charge is 0.120 e. The van der Waals surface area contributed by atoms with Gasteiger partial charge in [-0.3, -0.25) is 0 Å². The molecule has 118 valence electrons. The third kappa shape index (κ3) is 5.03. The van der Waals surface area contributed by atoms with Crippen molar-refractivity contribution in [1.82, 2.24) is 5.32 Å². The summed E-state index contributed by atoms with van der Waals surface area (Å²) in [5.41, 5.74) is 1.39. The molecule has 1 aliphatic carbocycles. The third-order valence-electron chi connectivity index (χ3n) is 4.26. The molecule has 0 bridgehead atoms. The number of rotatable bonds is 10. The molecule has 1 unspecified atom stereocenters. The van der Waals surface area contributed by atoms with E-state index in [1.807, 2.05) is 0 Å². The molecule has 2 nitrogen and oxygen atoms in total. The van der Waals surface area contributed by atoms with E-state index in [4.69, 9.17) is 4.74 Å². The van der Waals surface area contributed by atoms with Crippen molar-refractivity contribution < 1.29 is 4.74 Å². The van der Waals surface area contributed by atoms with Crippen molar-refractivity contribution >= 4 is 0 Å². The Morgan fingerprint density at radius 2 is 1.86 bits per heavy atom. The summed E-state index contributed by atoms with van der Waals surface area (Å²) in [4.78, 5) is 0. The molecule has 2 rings (SSSR count). The molecule has 1 N–H and O–H groups in total. The van der Waals surface area contributed by atoms with Crippen molar-refractivity contribution in [3.8, 4) is 5.75 Å². The van der Waals surface area contributed by atoms with Gasteiger partial charge in [-0.25, -0.2) is 0 Å². The first-order valence-electron chi connectivity index (χ1n) is 8.78. The molecule has 1 saturated carbocycles. The van der Waals surface area contributed by atoms with E-state index in [1.165, 1.54) is 44.1 Å². The standard InChI is InChI=1S/C19H31NO/c1-4-8-15(9-5-2)19(20-6-3)16-10-7-11-18(14-16)21-17-12-13-17/h7,10-11,14-15,17,19-20H,4-6,8-9,12-13H2,1-3H3. The van der Waals surface area contributed by atoms with Crippen molar-refractivity contribution in [1.29, 1.82) is 0 Å². The van der Waals surface area contributed by atoms with Crippen molar-refractivity contribution in [2.75, 3.05) is 6.54 Å². The van der Waals surface area contributed by atoms with Gasteiger partial charge in [0.2, 0.25) is 0 Å². The number of hydrogen-bond donors (Lipinski definition) is 1. The van der Waals surface area contributed by atoms with Crippen molar-refractivity contribution in [3.63, 3.8) is 0 Å². The topological polar surface area (TPSA) is 21.3 Å². The molecule has 0 amide bonds. The normalized spacial score (nSPS) is 16.2. The fourth-order valence-electron chi connectivity index (χ4n) is 3.16. The van der Waals surface area contributed by atoms with Crippen LogP contribution in [0.1, 0.15) is 70.9 Å². The molecule has 0 heterocycles. The van der Waals surface area contributed by atoms with Gasteiger partial charge >= 0.3 is 0 Å². The Balaban J connectivity index is 2.14. The first-order valence-corrected chi connectivity index (χ1v) is 8.78. The van der Waals surface area contributed by atoms with E-state index in [-0.39, 0.29) is 0 Å². The van der Waals surface area contributed by atoms with Crippen molar-refractivity contribution in [2.45, 2.75) is 71.4 Å². The summed E-state index contributed by atoms with van der Waals surface area (Å²) in [5.74, 6) is 1.76. The Morgan fingerprint density at radius 3 is 2.43 bits per heavy atom. The van der Waals surface area contributed by atoms with E-state index in [0.717, 1.165) is 18.2 Å². The maximum Gasteiger partial charge on any atom is 0.120 e. The van der Waals surface area contributed by atoms with E-state index >= 15 is 0 Å². The summed E-state index contributed by atoms with van der Waals surface area (Å²) >= 11 is 0. The lowest BCUT2D eigenvalue weighted by Crippen LogP contribution is -2.28. The number of hydrogen-bond acceptors (Lipinski definition) is 2. The van der Waals surface area contributed by atoms with Gasteiger partial charge in [0, 0.05) is 6.04 Å². The maximum atomic E-state index is 5.97. The molecular formula is C19H31NO. The quantitative estimate of drug-likeness (QED) is 0.647. The lowest BCUT2D eigenvalue weighted by molar-refractivity contribution is 0.298. The predicted octanol–water partition coefficient (Wildman–Crippen LogP) is 5.09. The second kappa shape index (κ2) is 8.43. The Hall–Kier alpha value is -1.02. The van der Waals surface area contributed by atoms with Crippen LogP contribution in [0.2, 0.25) is 0 Å². The van der Waals surface area contributed by atoms with Crippen LogP contribution in [0.25, 0.3) is 0 Å². The molecule has 1 aromatic carbocycles. The molecule has 0 saturated heterocycles. The minimum Gasteiger partial charge on any atom is -0.490 e. The molecule has 1 atom stereocenters. The third-order valence-corrected chi connectivity index (χ3v) is 4.26. The highest BCUT2D eigenvalue weighted by Gasteiger charge is 2.25. The summed E-state index contributed by atoms with van der Waals surface area (Å²) in [6.45, 7) is 7.80. The summed E-state index contributed by atoms with van der Waals surface area (Å²) < 4.78 is 5.97. The first kappa shape index (κ1) is 16.4. The maximum absolute atomic E-state index is 5.97. The van der Waals surface area contributed by atoms with Gasteiger partial charge in [0.1, 0.15) is 5.75 Å². The van der Waals surface area contributed by atoms with E-state index < -0.39 is 0 Å². The van der Waals surface area contributed by atoms with E-state index in [0.29, 0.717) is 12.1 Å². The minimum atomic E-state index is 0.456. The molecule has 0 spiro atoms. The van der Waals surface area contributed by atoms with Crippen LogP contribution >= 0.6 is 0 Å². The van der Waals surface area contributed by atoms with Gasteiger partial charge in [0.05, 0.1) is 6.10 Å². The van der Waals surface area contributed by atoms with Gasteiger partial charge in [0.15, 0.2) is 0 Å². The number of ether oxygens (including phenoxy) is 1. The molecule has 0 aromatic heterocycles. The van der Waals surface area contributed by atoms with Crippen LogP contribution in [0.3, 0.4) is 0 Å². The molecule has 0 radical (unpaired) electrons. The van der Waals surface area contributed by atoms with Crippen LogP contribution in [-0.2, 0) is 0 Å². The van der Waals surface area contributed by atoms with Gasteiger partial charge < -0.3 is 10.1 Å². The number of benzene rings is 1. The Morgan fingerprint density at radius 1 is 1.14 bits per heavy atom. The molecule has 1 fully saturated rings. The summed E-state index contributed by atoms with van der Waals surface area (Å²) in [6.07, 6.45) is 8.00. The highest BCUT2D eigenvalue weighted by atomic mass is 16.5. The zero-order valence-corrected chi connectivity index (χ0v) is 13.9. The monoisotopic (exact) mass is 289 g/mol. The molecular weight excluding hydrogens is 258 g/mol. The largest absolute Gasteiger partial charge is 0.490 e. The van der Waals surface area contributed by atoms with E-state index in [2.05, 4.69) is 50.4 Å². The summed E-state index contributed by atoms with van der Waals surface area (Å²) in [6, 6.07) is 9.21. The fraction of sp³-hybridized carbons (Fsp3) is 0.684. The second-order valence-corrected chi connectivity index (χ2v) is 6.26. The van der Waals surface area contributed by atoms with E-state index in [1.54, 1.807) is 0 Å². The predicted molar refractivity (Wildman–Crippen MR) is 89.8 cm³/mol. The minimum absolute atomic E-state index is 0.456. The summed E-state index contributed by atoms with van der Waals surface area (Å²) in [7, 11) is 0. The zero-order chi connectivity index (χ0) is 15.1. The van der Waals surface area contributed by atoms with Crippen LogP contribution < -0.4 is 10.1 Å². The Kier molecular flexibility index (Phi) is 6.56. The van der Waals surface area contributed by atoms with Crippen molar-refractivity contribution in [2.24, 2.45) is 5.92 Å². The van der Waals surface area contributed by atoms with Gasteiger partial charge in [-0.1, -0.05) is 45.7 Å². The van der Waals surface area contributed by atoms with Crippen LogP contribution in [0.15, 0.2) is 24.3 Å². The number of nitrogens with one attached hydrogen (secondary N) is 1. The second-order valence-electron chi connectivity index (χ2n) is 6.26. The highest BCUT2D eigenvalue weighted by molar-refractivity contribution is 5.31. The van der Waals surface area contributed by atoms with E-state index in [9.17, 15) is 0 Å². The van der Waals surface area contributed by atoms with Crippen LogP contribution in [0.5, 0.6) is 5.75 Å². The average molecular weight is 289 g/mol. The molecule has 1 aromatic rings. The molecule has 1 aliphatic rings. The van der Waals surface area contributed by atoms with Crippen molar-refractivity contribution in [3.05, 3.63) is 29.8 Å². The highest BCUT2D eigenvalue weighted by Crippen LogP contribution is 2.33. The fourth-order valence-corrected chi connectivity index (χ4v) is 3.16. The van der Waals surface area contributed by atoms with Gasteiger partial charge in [-0.05, 0) is 55.8 Å². The lowest BCUT2D eigenvalue weighted by atomic mass is 9.86. The lowest BCUT2D eigenvalue weighted by Gasteiger charge is -2.28. The van der Waals surface area contributed by atoms with Gasteiger partial charge in [0.25, 0.3) is 0 Å². The Labute approximate surface area is 130 Å². The van der Waals surface area contributed by atoms with Crippen LogP contribution in [0.4, 0.5) is 0 Å². The molecule has 2 heteroatoms. The van der Waals surface area contributed by atoms with Crippen LogP contribution in [-0.4, -0.2) is 12.6 Å². The molecule has 0 aliphatic heterocycles. The van der Waals surface area contributed by atoms with Gasteiger partial charge in [-0.2, -0.15) is 0 Å². The summed E-state index contributed by atoms with van der Waals surface area (Å²) in [5, 5.41) is 3.71. The Bertz CT molecular complexity index is 408. The van der Waals surface area contributed by atoms with Gasteiger partial charge in [-0.15, -0.1) is 0 Å².